The van der Waals surface area contributed by atoms with Gasteiger partial charge in [0.2, 0.25) is 0 Å². The number of nitrogens with zero attached hydrogens (tertiary/aromatic N) is 1. The van der Waals surface area contributed by atoms with Crippen molar-refractivity contribution in [2.75, 3.05) is 13.7 Å². The van der Waals surface area contributed by atoms with E-state index >= 15 is 0 Å². The van der Waals surface area contributed by atoms with Gasteiger partial charge in [-0.1, -0.05) is 18.2 Å². The highest BCUT2D eigenvalue weighted by atomic mass is 32.1. The van der Waals surface area contributed by atoms with Gasteiger partial charge < -0.3 is 9.47 Å². The molecule has 4 nitrogen and oxygen atoms in total. The van der Waals surface area contributed by atoms with Gasteiger partial charge in [-0.15, -0.1) is 11.3 Å². The van der Waals surface area contributed by atoms with Crippen LogP contribution in [0, 0.1) is 6.92 Å². The maximum atomic E-state index is 11.6. The third-order valence-corrected chi connectivity index (χ3v) is 3.99. The van der Waals surface area contributed by atoms with Gasteiger partial charge in [-0.05, 0) is 18.6 Å². The highest BCUT2D eigenvalue weighted by molar-refractivity contribution is 7.09. The Labute approximate surface area is 122 Å². The standard InChI is InChI=1S/C15H17NO3S/c1-11-14(20-10-16-11)7-8-19-9-12-5-3-4-6-13(12)15(17)18-2/h3-6,10H,7-9H2,1-2H3. The normalized spacial score (nSPS) is 10.5. The molecule has 5 heteroatoms. The average molecular weight is 291 g/mol. The largest absolute Gasteiger partial charge is 0.465 e. The van der Waals surface area contributed by atoms with Crippen molar-refractivity contribution in [3.8, 4) is 0 Å². The fourth-order valence-corrected chi connectivity index (χ4v) is 2.63. The Bertz CT molecular complexity index is 580. The molecule has 0 saturated carbocycles. The van der Waals surface area contributed by atoms with E-state index in [1.165, 1.54) is 12.0 Å². The molecule has 106 valence electrons. The number of carbonyl (C=O) groups is 1. The van der Waals surface area contributed by atoms with Crippen molar-refractivity contribution < 1.29 is 14.3 Å². The van der Waals surface area contributed by atoms with Crippen molar-refractivity contribution in [3.63, 3.8) is 0 Å². The monoisotopic (exact) mass is 291 g/mol. The number of aryl methyl sites for hydroxylation is 1. The average Bonchev–Trinajstić information content (AvgIpc) is 2.88. The van der Waals surface area contributed by atoms with Crippen LogP contribution in [-0.2, 0) is 22.5 Å². The minimum atomic E-state index is -0.331. The molecule has 2 rings (SSSR count). The van der Waals surface area contributed by atoms with Gasteiger partial charge in [0, 0.05) is 11.3 Å². The van der Waals surface area contributed by atoms with Gasteiger partial charge in [-0.25, -0.2) is 9.78 Å². The van der Waals surface area contributed by atoms with Crippen LogP contribution in [0.2, 0.25) is 0 Å². The molecule has 1 heterocycles. The Hall–Kier alpha value is -1.72. The molecular formula is C15H17NO3S. The van der Waals surface area contributed by atoms with Gasteiger partial charge >= 0.3 is 5.97 Å². The number of thiazole rings is 1. The van der Waals surface area contributed by atoms with E-state index in [-0.39, 0.29) is 5.97 Å². The number of aromatic nitrogens is 1. The number of methoxy groups -OCH3 is 1. The third kappa shape index (κ3) is 3.65. The van der Waals surface area contributed by atoms with Gasteiger partial charge in [-0.2, -0.15) is 0 Å². The molecule has 20 heavy (non-hydrogen) atoms. The SMILES string of the molecule is COC(=O)c1ccccc1COCCc1scnc1C. The summed E-state index contributed by atoms with van der Waals surface area (Å²) >= 11 is 1.64. The van der Waals surface area contributed by atoms with Crippen LogP contribution in [0.4, 0.5) is 0 Å². The Morgan fingerprint density at radius 3 is 2.85 bits per heavy atom. The second-order valence-corrected chi connectivity index (χ2v) is 5.25. The van der Waals surface area contributed by atoms with Crippen molar-refractivity contribution in [1.82, 2.24) is 4.98 Å². The van der Waals surface area contributed by atoms with E-state index in [2.05, 4.69) is 4.98 Å². The summed E-state index contributed by atoms with van der Waals surface area (Å²) in [6, 6.07) is 7.33. The van der Waals surface area contributed by atoms with E-state index in [4.69, 9.17) is 9.47 Å². The Morgan fingerprint density at radius 1 is 1.35 bits per heavy atom. The van der Waals surface area contributed by atoms with Crippen molar-refractivity contribution in [3.05, 3.63) is 51.5 Å². The van der Waals surface area contributed by atoms with Crippen molar-refractivity contribution >= 4 is 17.3 Å². The van der Waals surface area contributed by atoms with E-state index in [0.717, 1.165) is 17.7 Å². The molecule has 0 atom stereocenters. The smallest absolute Gasteiger partial charge is 0.338 e. The van der Waals surface area contributed by atoms with E-state index in [9.17, 15) is 4.79 Å². The van der Waals surface area contributed by atoms with Gasteiger partial charge in [0.25, 0.3) is 0 Å². The lowest BCUT2D eigenvalue weighted by Gasteiger charge is -2.08. The van der Waals surface area contributed by atoms with Crippen molar-refractivity contribution in [2.45, 2.75) is 20.0 Å². The zero-order valence-electron chi connectivity index (χ0n) is 11.6. The molecule has 0 aliphatic rings. The number of esters is 1. The maximum absolute atomic E-state index is 11.6. The maximum Gasteiger partial charge on any atom is 0.338 e. The second kappa shape index (κ2) is 7.17. The molecule has 2 aromatic rings. The highest BCUT2D eigenvalue weighted by Gasteiger charge is 2.10. The molecule has 0 unspecified atom stereocenters. The Morgan fingerprint density at radius 2 is 2.15 bits per heavy atom. The third-order valence-electron chi connectivity index (χ3n) is 3.00. The minimum absolute atomic E-state index is 0.331. The van der Waals surface area contributed by atoms with Gasteiger partial charge in [0.05, 0.1) is 37.1 Å². The van der Waals surface area contributed by atoms with Crippen LogP contribution in [0.1, 0.15) is 26.5 Å². The van der Waals surface area contributed by atoms with Crippen LogP contribution in [0.15, 0.2) is 29.8 Å². The summed E-state index contributed by atoms with van der Waals surface area (Å²) in [5, 5.41) is 0. The number of benzene rings is 1. The fraction of sp³-hybridized carbons (Fsp3) is 0.333. The molecule has 0 bridgehead atoms. The van der Waals surface area contributed by atoms with Crippen LogP contribution in [-0.4, -0.2) is 24.7 Å². The number of carbonyl (C=O) groups excluding carboxylic acids is 1. The minimum Gasteiger partial charge on any atom is -0.465 e. The number of rotatable bonds is 6. The molecule has 0 aliphatic heterocycles. The zero-order chi connectivity index (χ0) is 14.4. The Balaban J connectivity index is 1.88. The molecule has 0 fully saturated rings. The summed E-state index contributed by atoms with van der Waals surface area (Å²) in [7, 11) is 1.38. The number of ether oxygens (including phenoxy) is 2. The molecule has 0 radical (unpaired) electrons. The van der Waals surface area contributed by atoms with Crippen LogP contribution >= 0.6 is 11.3 Å². The summed E-state index contributed by atoms with van der Waals surface area (Å²) in [4.78, 5) is 17.1. The molecule has 0 aliphatic carbocycles. The van der Waals surface area contributed by atoms with Crippen LogP contribution in [0.5, 0.6) is 0 Å². The number of hydrogen-bond donors (Lipinski definition) is 0. The zero-order valence-corrected chi connectivity index (χ0v) is 12.4. The topological polar surface area (TPSA) is 48.4 Å². The van der Waals surface area contributed by atoms with Crippen molar-refractivity contribution in [2.24, 2.45) is 0 Å². The van der Waals surface area contributed by atoms with Crippen molar-refractivity contribution in [1.29, 1.82) is 0 Å². The summed E-state index contributed by atoms with van der Waals surface area (Å²) in [5.74, 6) is -0.331. The predicted molar refractivity (Wildman–Crippen MR) is 78.0 cm³/mol. The highest BCUT2D eigenvalue weighted by Crippen LogP contribution is 2.14. The summed E-state index contributed by atoms with van der Waals surface area (Å²) in [6.07, 6.45) is 0.844. The molecule has 0 amide bonds. The van der Waals surface area contributed by atoms with E-state index in [1.54, 1.807) is 17.4 Å². The quantitative estimate of drug-likeness (QED) is 0.606. The summed E-state index contributed by atoms with van der Waals surface area (Å²) in [6.45, 7) is 3.01. The second-order valence-electron chi connectivity index (χ2n) is 4.31. The molecule has 0 spiro atoms. The van der Waals surface area contributed by atoms with Crippen LogP contribution in [0.25, 0.3) is 0 Å². The molecule has 1 aromatic carbocycles. The molecular weight excluding hydrogens is 274 g/mol. The molecule has 0 saturated heterocycles. The lowest BCUT2D eigenvalue weighted by molar-refractivity contribution is 0.0592. The van der Waals surface area contributed by atoms with Gasteiger partial charge in [0.15, 0.2) is 0 Å². The first kappa shape index (κ1) is 14.7. The van der Waals surface area contributed by atoms with Crippen LogP contribution < -0.4 is 0 Å². The summed E-state index contributed by atoms with van der Waals surface area (Å²) in [5.41, 5.74) is 4.31. The Kier molecular flexibility index (Phi) is 5.26. The first-order valence-corrected chi connectivity index (χ1v) is 7.23. The van der Waals surface area contributed by atoms with Gasteiger partial charge in [-0.3, -0.25) is 0 Å². The van der Waals surface area contributed by atoms with E-state index < -0.39 is 0 Å². The first-order chi connectivity index (χ1) is 9.72. The van der Waals surface area contributed by atoms with Gasteiger partial charge in [0.1, 0.15) is 0 Å². The number of hydrogen-bond acceptors (Lipinski definition) is 5. The van der Waals surface area contributed by atoms with Crippen LogP contribution in [0.3, 0.4) is 0 Å². The first-order valence-electron chi connectivity index (χ1n) is 6.35. The predicted octanol–water partition coefficient (Wildman–Crippen LogP) is 3.00. The molecule has 0 N–H and O–H groups in total. The van der Waals surface area contributed by atoms with E-state index in [0.29, 0.717) is 18.8 Å². The fourth-order valence-electron chi connectivity index (χ4n) is 1.87. The lowest BCUT2D eigenvalue weighted by Crippen LogP contribution is -2.07. The van der Waals surface area contributed by atoms with E-state index in [1.807, 2.05) is 30.6 Å². The summed E-state index contributed by atoms with van der Waals surface area (Å²) < 4.78 is 10.4. The lowest BCUT2D eigenvalue weighted by atomic mass is 10.1. The molecule has 1 aromatic heterocycles.